The average molecular weight is 447 g/mol. The van der Waals surface area contributed by atoms with E-state index in [1.807, 2.05) is 47.7 Å². The van der Waals surface area contributed by atoms with Crippen molar-refractivity contribution in [3.05, 3.63) is 54.2 Å². The van der Waals surface area contributed by atoms with Crippen molar-refractivity contribution in [2.24, 2.45) is 5.73 Å². The summed E-state index contributed by atoms with van der Waals surface area (Å²) in [4.78, 5) is 7.35. The summed E-state index contributed by atoms with van der Waals surface area (Å²) in [6.45, 7) is 6.65. The number of fused-ring (bicyclic) bond motifs is 2. The Hall–Kier alpha value is -3.07. The molecule has 5 rings (SSSR count). The van der Waals surface area contributed by atoms with Crippen LogP contribution in [0.4, 0.5) is 0 Å². The standard InChI is InChI=1S/C25H30N6O2/c1-16(15-32-3)33-22-6-4-5-18-7-9-21(27-24(18)22)25-29-28-23-10-8-19(13-31(23)25)17(2)30-12-11-20(26)14-30/h4-10,13,16-17,20H,11-12,14-15,26H2,1-3H3/t16-,17-,20-/m0/s1. The van der Waals surface area contributed by atoms with Crippen molar-refractivity contribution in [2.45, 2.75) is 38.5 Å². The number of benzene rings is 1. The zero-order valence-corrected chi connectivity index (χ0v) is 19.3. The molecule has 4 heterocycles. The van der Waals surface area contributed by atoms with Gasteiger partial charge >= 0.3 is 0 Å². The number of pyridine rings is 2. The van der Waals surface area contributed by atoms with Crippen molar-refractivity contribution in [1.29, 1.82) is 0 Å². The summed E-state index contributed by atoms with van der Waals surface area (Å²) >= 11 is 0. The second-order valence-corrected chi connectivity index (χ2v) is 8.84. The molecule has 4 aromatic rings. The van der Waals surface area contributed by atoms with Gasteiger partial charge in [0.15, 0.2) is 11.5 Å². The van der Waals surface area contributed by atoms with Gasteiger partial charge in [-0.15, -0.1) is 10.2 Å². The van der Waals surface area contributed by atoms with E-state index in [1.165, 1.54) is 5.56 Å². The molecule has 2 N–H and O–H groups in total. The lowest BCUT2D eigenvalue weighted by Gasteiger charge is -2.24. The number of rotatable bonds is 7. The smallest absolute Gasteiger partial charge is 0.187 e. The molecular weight excluding hydrogens is 416 g/mol. The molecule has 0 amide bonds. The van der Waals surface area contributed by atoms with E-state index >= 15 is 0 Å². The highest BCUT2D eigenvalue weighted by molar-refractivity contribution is 5.86. The minimum Gasteiger partial charge on any atom is -0.486 e. The van der Waals surface area contributed by atoms with E-state index in [0.29, 0.717) is 12.4 Å². The fourth-order valence-electron chi connectivity index (χ4n) is 4.53. The van der Waals surface area contributed by atoms with Gasteiger partial charge in [-0.05, 0) is 44.0 Å². The van der Waals surface area contributed by atoms with Gasteiger partial charge in [0.2, 0.25) is 0 Å². The van der Waals surface area contributed by atoms with Crippen LogP contribution in [0.5, 0.6) is 5.75 Å². The molecule has 0 radical (unpaired) electrons. The normalized spacial score (nSPS) is 18.7. The largest absolute Gasteiger partial charge is 0.486 e. The Morgan fingerprint density at radius 2 is 2.00 bits per heavy atom. The molecule has 1 aliphatic rings. The van der Waals surface area contributed by atoms with E-state index < -0.39 is 0 Å². The zero-order valence-electron chi connectivity index (χ0n) is 19.3. The van der Waals surface area contributed by atoms with Crippen LogP contribution in [0, 0.1) is 0 Å². The third-order valence-corrected chi connectivity index (χ3v) is 6.35. The Bertz CT molecular complexity index is 1270. The lowest BCUT2D eigenvalue weighted by Crippen LogP contribution is -2.28. The predicted octanol–water partition coefficient (Wildman–Crippen LogP) is 3.45. The number of ether oxygens (including phenoxy) is 2. The minimum absolute atomic E-state index is 0.0808. The molecule has 8 heteroatoms. The Labute approximate surface area is 193 Å². The molecule has 1 aromatic carbocycles. The van der Waals surface area contributed by atoms with Crippen molar-refractivity contribution in [2.75, 3.05) is 26.8 Å². The molecule has 0 aliphatic carbocycles. The van der Waals surface area contributed by atoms with Crippen LogP contribution in [0.15, 0.2) is 48.7 Å². The monoisotopic (exact) mass is 446 g/mol. The number of para-hydroxylation sites is 1. The van der Waals surface area contributed by atoms with Gasteiger partial charge in [0.05, 0.1) is 6.61 Å². The van der Waals surface area contributed by atoms with E-state index in [9.17, 15) is 0 Å². The van der Waals surface area contributed by atoms with Crippen molar-refractivity contribution < 1.29 is 9.47 Å². The Kier molecular flexibility index (Phi) is 5.97. The maximum absolute atomic E-state index is 6.13. The number of likely N-dealkylation sites (tertiary alicyclic amines) is 1. The average Bonchev–Trinajstić information content (AvgIpc) is 3.44. The SMILES string of the molecule is COC[C@H](C)Oc1cccc2ccc(-c3nnc4ccc([C@H](C)N5CC[C@H](N)C5)cn34)nc12. The molecule has 0 spiro atoms. The first-order valence-electron chi connectivity index (χ1n) is 11.4. The number of aromatic nitrogens is 4. The number of hydrogen-bond donors (Lipinski definition) is 1. The van der Waals surface area contributed by atoms with Crippen LogP contribution in [0.1, 0.15) is 31.9 Å². The first kappa shape index (κ1) is 21.8. The predicted molar refractivity (Wildman–Crippen MR) is 128 cm³/mol. The van der Waals surface area contributed by atoms with Crippen molar-refractivity contribution in [1.82, 2.24) is 24.5 Å². The third kappa shape index (κ3) is 4.29. The van der Waals surface area contributed by atoms with Gasteiger partial charge in [-0.25, -0.2) is 4.98 Å². The molecule has 3 atom stereocenters. The summed E-state index contributed by atoms with van der Waals surface area (Å²) in [5, 5.41) is 9.84. The molecule has 172 valence electrons. The summed E-state index contributed by atoms with van der Waals surface area (Å²) in [7, 11) is 1.67. The van der Waals surface area contributed by atoms with Gasteiger partial charge in [-0.1, -0.05) is 24.3 Å². The number of methoxy groups -OCH3 is 1. The molecule has 1 fully saturated rings. The first-order valence-corrected chi connectivity index (χ1v) is 11.4. The van der Waals surface area contributed by atoms with Crippen molar-refractivity contribution >= 4 is 16.6 Å². The highest BCUT2D eigenvalue weighted by Gasteiger charge is 2.25. The van der Waals surface area contributed by atoms with Crippen molar-refractivity contribution in [3.63, 3.8) is 0 Å². The van der Waals surface area contributed by atoms with E-state index in [1.54, 1.807) is 7.11 Å². The number of nitrogens with zero attached hydrogens (tertiary/aromatic N) is 5. The van der Waals surface area contributed by atoms with Crippen LogP contribution < -0.4 is 10.5 Å². The Morgan fingerprint density at radius 1 is 1.12 bits per heavy atom. The van der Waals surface area contributed by atoms with Crippen LogP contribution >= 0.6 is 0 Å². The molecule has 0 unspecified atom stereocenters. The van der Waals surface area contributed by atoms with Crippen LogP contribution in [0.3, 0.4) is 0 Å². The first-order chi connectivity index (χ1) is 16.0. The molecule has 1 aliphatic heterocycles. The van der Waals surface area contributed by atoms with Gasteiger partial charge in [-0.2, -0.15) is 0 Å². The quantitative estimate of drug-likeness (QED) is 0.465. The molecule has 3 aromatic heterocycles. The van der Waals surface area contributed by atoms with Crippen LogP contribution in [-0.2, 0) is 4.74 Å². The van der Waals surface area contributed by atoms with Crippen molar-refractivity contribution in [3.8, 4) is 17.3 Å². The summed E-state index contributed by atoms with van der Waals surface area (Å²) in [6.07, 6.45) is 3.08. The molecule has 0 saturated carbocycles. The third-order valence-electron chi connectivity index (χ3n) is 6.35. The molecule has 33 heavy (non-hydrogen) atoms. The molecular formula is C25H30N6O2. The topological polar surface area (TPSA) is 90.8 Å². The molecule has 0 bridgehead atoms. The fraction of sp³-hybridized carbons (Fsp3) is 0.400. The lowest BCUT2D eigenvalue weighted by atomic mass is 10.1. The van der Waals surface area contributed by atoms with Gasteiger partial charge in [0, 0.05) is 43.9 Å². The molecule has 1 saturated heterocycles. The summed E-state index contributed by atoms with van der Waals surface area (Å²) in [6, 6.07) is 14.6. The molecule has 8 nitrogen and oxygen atoms in total. The second kappa shape index (κ2) is 9.05. The van der Waals surface area contributed by atoms with Gasteiger partial charge < -0.3 is 15.2 Å². The van der Waals surface area contributed by atoms with E-state index in [4.69, 9.17) is 20.2 Å². The van der Waals surface area contributed by atoms with E-state index in [2.05, 4.69) is 34.3 Å². The Morgan fingerprint density at radius 3 is 2.79 bits per heavy atom. The van der Waals surface area contributed by atoms with Crippen LogP contribution in [0.2, 0.25) is 0 Å². The second-order valence-electron chi connectivity index (χ2n) is 8.84. The van der Waals surface area contributed by atoms with E-state index in [-0.39, 0.29) is 18.2 Å². The van der Waals surface area contributed by atoms with Gasteiger partial charge in [0.25, 0.3) is 0 Å². The Balaban J connectivity index is 1.52. The minimum atomic E-state index is -0.0808. The van der Waals surface area contributed by atoms with Crippen LogP contribution in [-0.4, -0.2) is 63.4 Å². The van der Waals surface area contributed by atoms with E-state index in [0.717, 1.165) is 47.5 Å². The van der Waals surface area contributed by atoms with Crippen LogP contribution in [0.25, 0.3) is 28.1 Å². The maximum Gasteiger partial charge on any atom is 0.187 e. The number of hydrogen-bond acceptors (Lipinski definition) is 7. The number of nitrogens with two attached hydrogens (primary N) is 1. The highest BCUT2D eigenvalue weighted by atomic mass is 16.5. The van der Waals surface area contributed by atoms with Gasteiger partial charge in [-0.3, -0.25) is 9.30 Å². The summed E-state index contributed by atoms with van der Waals surface area (Å²) in [5.74, 6) is 1.44. The maximum atomic E-state index is 6.13. The summed E-state index contributed by atoms with van der Waals surface area (Å²) < 4.78 is 13.3. The summed E-state index contributed by atoms with van der Waals surface area (Å²) in [5.41, 5.74) is 9.67. The lowest BCUT2D eigenvalue weighted by molar-refractivity contribution is 0.0930. The highest BCUT2D eigenvalue weighted by Crippen LogP contribution is 2.29. The fourth-order valence-corrected chi connectivity index (χ4v) is 4.53. The van der Waals surface area contributed by atoms with Gasteiger partial charge in [0.1, 0.15) is 23.1 Å². The zero-order chi connectivity index (χ0) is 22.9.